The van der Waals surface area contributed by atoms with Gasteiger partial charge in [0, 0.05) is 29.9 Å². The predicted molar refractivity (Wildman–Crippen MR) is 138 cm³/mol. The fraction of sp³-hybridized carbons (Fsp3) is 0.148. The molecule has 200 valence electrons. The number of allylic oxidation sites excluding steroid dienone is 1. The molecule has 1 aliphatic carbocycles. The van der Waals surface area contributed by atoms with Gasteiger partial charge < -0.3 is 10.5 Å². The van der Waals surface area contributed by atoms with Crippen molar-refractivity contribution in [3.63, 3.8) is 0 Å². The molecule has 2 N–H and O–H groups in total. The molecular formula is C27H21F3N4O4S. The molecule has 0 aliphatic heterocycles. The van der Waals surface area contributed by atoms with Crippen molar-refractivity contribution in [2.24, 2.45) is 0 Å². The Morgan fingerprint density at radius 2 is 1.82 bits per heavy atom. The molecule has 2 aromatic heterocycles. The average Bonchev–Trinajstić information content (AvgIpc) is 3.44. The van der Waals surface area contributed by atoms with Crippen LogP contribution >= 0.6 is 0 Å². The van der Waals surface area contributed by atoms with Crippen LogP contribution in [-0.4, -0.2) is 35.2 Å². The highest BCUT2D eigenvalue weighted by atomic mass is 32.2. The molecular weight excluding hydrogens is 533 g/mol. The molecule has 0 bridgehead atoms. The van der Waals surface area contributed by atoms with Gasteiger partial charge in [-0.25, -0.2) is 31.3 Å². The zero-order chi connectivity index (χ0) is 28.1. The van der Waals surface area contributed by atoms with Gasteiger partial charge in [-0.3, -0.25) is 4.79 Å². The van der Waals surface area contributed by atoms with E-state index in [2.05, 4.69) is 10.1 Å². The number of hydrogen-bond acceptors (Lipinski definition) is 7. The van der Waals surface area contributed by atoms with E-state index >= 15 is 0 Å². The van der Waals surface area contributed by atoms with E-state index in [1.54, 1.807) is 13.0 Å². The molecule has 0 amide bonds. The Morgan fingerprint density at radius 1 is 1.10 bits per heavy atom. The van der Waals surface area contributed by atoms with E-state index in [9.17, 15) is 26.4 Å². The number of pyridine rings is 1. The highest BCUT2D eigenvalue weighted by Crippen LogP contribution is 2.32. The van der Waals surface area contributed by atoms with Gasteiger partial charge in [-0.15, -0.1) is 0 Å². The van der Waals surface area contributed by atoms with Gasteiger partial charge in [-0.2, -0.15) is 5.10 Å². The lowest BCUT2D eigenvalue weighted by Gasteiger charge is -2.11. The molecule has 0 fully saturated rings. The summed E-state index contributed by atoms with van der Waals surface area (Å²) >= 11 is 0. The smallest absolute Gasteiger partial charge is 0.219 e. The number of Topliss-reactive ketones (excluding diaryl/α,β-unsaturated/α-hetero) is 1. The first-order chi connectivity index (χ1) is 18.4. The largest absolute Gasteiger partial charge is 0.433 e. The zero-order valence-corrected chi connectivity index (χ0v) is 21.5. The number of ether oxygens (including phenoxy) is 1. The summed E-state index contributed by atoms with van der Waals surface area (Å²) in [4.78, 5) is 17.4. The first kappa shape index (κ1) is 26.2. The number of aromatic nitrogens is 3. The van der Waals surface area contributed by atoms with E-state index in [1.165, 1.54) is 41.3 Å². The molecule has 0 unspecified atom stereocenters. The summed E-state index contributed by atoms with van der Waals surface area (Å²) < 4.78 is 72.1. The number of ketones is 1. The number of nitrogens with zero attached hydrogens (tertiary/aromatic N) is 3. The molecule has 2 aromatic carbocycles. The van der Waals surface area contributed by atoms with E-state index in [-0.39, 0.29) is 29.2 Å². The first-order valence-corrected chi connectivity index (χ1v) is 13.6. The van der Waals surface area contributed by atoms with Crippen LogP contribution in [0.4, 0.5) is 19.0 Å². The van der Waals surface area contributed by atoms with E-state index in [1.807, 2.05) is 0 Å². The first-order valence-electron chi connectivity index (χ1n) is 11.6. The van der Waals surface area contributed by atoms with Crippen molar-refractivity contribution in [3.8, 4) is 17.3 Å². The molecule has 0 saturated heterocycles. The minimum Gasteiger partial charge on any atom is -0.433 e. The van der Waals surface area contributed by atoms with Crippen molar-refractivity contribution >= 4 is 27.5 Å². The maximum atomic E-state index is 14.4. The van der Waals surface area contributed by atoms with Crippen LogP contribution in [-0.2, 0) is 22.0 Å². The van der Waals surface area contributed by atoms with Gasteiger partial charge in [0.1, 0.15) is 11.6 Å². The topological polar surface area (TPSA) is 117 Å². The normalized spacial score (nSPS) is 12.8. The number of halogens is 3. The van der Waals surface area contributed by atoms with E-state index in [0.29, 0.717) is 28.0 Å². The Morgan fingerprint density at radius 3 is 2.49 bits per heavy atom. The number of rotatable bonds is 7. The Hall–Kier alpha value is -4.45. The van der Waals surface area contributed by atoms with Crippen LogP contribution in [0.15, 0.2) is 54.4 Å². The summed E-state index contributed by atoms with van der Waals surface area (Å²) in [6, 6.07) is 7.46. The molecule has 39 heavy (non-hydrogen) atoms. The molecule has 5 rings (SSSR count). The quantitative estimate of drug-likeness (QED) is 0.328. The van der Waals surface area contributed by atoms with Gasteiger partial charge in [-0.05, 0) is 47.9 Å². The van der Waals surface area contributed by atoms with E-state index in [4.69, 9.17) is 10.5 Å². The lowest BCUT2D eigenvalue weighted by Crippen LogP contribution is -2.09. The van der Waals surface area contributed by atoms with Gasteiger partial charge in [0.15, 0.2) is 27.3 Å². The number of para-hydroxylation sites is 1. The minimum atomic E-state index is -3.44. The van der Waals surface area contributed by atoms with Crippen molar-refractivity contribution in [2.45, 2.75) is 19.1 Å². The van der Waals surface area contributed by atoms with Crippen molar-refractivity contribution in [2.75, 3.05) is 12.0 Å². The lowest BCUT2D eigenvalue weighted by molar-refractivity contribution is 0.103. The van der Waals surface area contributed by atoms with Crippen molar-refractivity contribution in [3.05, 3.63) is 99.6 Å². The average molecular weight is 555 g/mol. The van der Waals surface area contributed by atoms with Gasteiger partial charge in [-0.1, -0.05) is 12.1 Å². The number of benzene rings is 2. The summed E-state index contributed by atoms with van der Waals surface area (Å²) in [5.74, 6) is -3.89. The number of fused-ring (bicyclic) bond motifs is 1. The number of nitrogen functional groups attached to an aromatic ring is 1. The van der Waals surface area contributed by atoms with Gasteiger partial charge >= 0.3 is 0 Å². The number of carbonyl (C=O) groups is 1. The molecule has 0 saturated carbocycles. The van der Waals surface area contributed by atoms with Crippen LogP contribution in [0, 0.1) is 24.4 Å². The third-order valence-corrected chi connectivity index (χ3v) is 7.03. The van der Waals surface area contributed by atoms with Crippen LogP contribution in [0.2, 0.25) is 0 Å². The van der Waals surface area contributed by atoms with Crippen molar-refractivity contribution < 1.29 is 31.1 Å². The Kier molecular flexibility index (Phi) is 6.51. The maximum absolute atomic E-state index is 14.4. The van der Waals surface area contributed by atoms with E-state index in [0.717, 1.165) is 18.4 Å². The standard InChI is InChI=1S/C27H21F3N4O4S/c1-14-6-24(38-26-20(28)4-3-5-21(26)29)32-12-23(14)34-27(31)19(11-33-34)25(35)17-7-15-9-18(13-39(2,36)37)22(30)10-16(15)8-17/h3-6,8-12H,7,13,31H2,1-2H3. The summed E-state index contributed by atoms with van der Waals surface area (Å²) in [5.41, 5.74) is 8.83. The van der Waals surface area contributed by atoms with Crippen LogP contribution in [0.5, 0.6) is 11.6 Å². The lowest BCUT2D eigenvalue weighted by atomic mass is 10.0. The molecule has 0 atom stereocenters. The van der Waals surface area contributed by atoms with Crippen molar-refractivity contribution in [1.29, 1.82) is 0 Å². The fourth-order valence-electron chi connectivity index (χ4n) is 4.34. The van der Waals surface area contributed by atoms with E-state index < -0.39 is 44.6 Å². The third kappa shape index (κ3) is 5.15. The summed E-state index contributed by atoms with van der Waals surface area (Å²) in [7, 11) is -3.44. The Labute approximate surface area is 221 Å². The van der Waals surface area contributed by atoms with Gasteiger partial charge in [0.25, 0.3) is 0 Å². The maximum Gasteiger partial charge on any atom is 0.219 e. The second-order valence-corrected chi connectivity index (χ2v) is 11.3. The number of sulfone groups is 1. The molecule has 2 heterocycles. The van der Waals surface area contributed by atoms with Crippen LogP contribution < -0.4 is 10.5 Å². The zero-order valence-electron chi connectivity index (χ0n) is 20.7. The number of carbonyl (C=O) groups excluding carboxylic acids is 1. The molecule has 1 aliphatic rings. The Bertz CT molecular complexity index is 1780. The number of nitrogens with two attached hydrogens (primary N) is 1. The van der Waals surface area contributed by atoms with Gasteiger partial charge in [0.2, 0.25) is 11.6 Å². The molecule has 4 aromatic rings. The molecule has 12 heteroatoms. The van der Waals surface area contributed by atoms with Crippen LogP contribution in [0.3, 0.4) is 0 Å². The van der Waals surface area contributed by atoms with Crippen molar-refractivity contribution in [1.82, 2.24) is 14.8 Å². The Balaban J connectivity index is 1.38. The number of anilines is 1. The molecule has 8 nitrogen and oxygen atoms in total. The molecule has 0 radical (unpaired) electrons. The minimum absolute atomic E-state index is 0.0273. The van der Waals surface area contributed by atoms with Crippen LogP contribution in [0.1, 0.15) is 32.6 Å². The summed E-state index contributed by atoms with van der Waals surface area (Å²) in [5, 5.41) is 4.21. The number of aryl methyl sites for hydroxylation is 1. The molecule has 0 spiro atoms. The second kappa shape index (κ2) is 9.70. The number of hydrogen-bond donors (Lipinski definition) is 1. The summed E-state index contributed by atoms with van der Waals surface area (Å²) in [6.45, 7) is 1.68. The second-order valence-electron chi connectivity index (χ2n) is 9.21. The highest BCUT2D eigenvalue weighted by molar-refractivity contribution is 7.89. The highest BCUT2D eigenvalue weighted by Gasteiger charge is 2.26. The predicted octanol–water partition coefficient (Wildman–Crippen LogP) is 4.73. The third-order valence-electron chi connectivity index (χ3n) is 6.19. The van der Waals surface area contributed by atoms with Crippen LogP contribution in [0.25, 0.3) is 11.8 Å². The SMILES string of the molecule is Cc1cc(Oc2c(F)cccc2F)ncc1-n1ncc(C(=O)C2=Cc3cc(F)c(CS(C)(=O)=O)cc3C2)c1N. The summed E-state index contributed by atoms with van der Waals surface area (Å²) in [6.07, 6.45) is 5.39. The monoisotopic (exact) mass is 554 g/mol. The van der Waals surface area contributed by atoms with Gasteiger partial charge in [0.05, 0.1) is 29.4 Å². The fourth-order valence-corrected chi connectivity index (χ4v) is 5.12.